The van der Waals surface area contributed by atoms with Gasteiger partial charge in [0, 0.05) is 16.6 Å². The van der Waals surface area contributed by atoms with E-state index in [0.29, 0.717) is 5.69 Å². The first-order chi connectivity index (χ1) is 15.3. The summed E-state index contributed by atoms with van der Waals surface area (Å²) in [7, 11) is -3.93. The predicted octanol–water partition coefficient (Wildman–Crippen LogP) is 4.89. The van der Waals surface area contributed by atoms with Crippen LogP contribution >= 0.6 is 11.8 Å². The van der Waals surface area contributed by atoms with E-state index >= 15 is 0 Å². The lowest BCUT2D eigenvalue weighted by molar-refractivity contribution is -0.117. The second-order valence-corrected chi connectivity index (χ2v) is 10.7. The number of hydrogen-bond donors (Lipinski definition) is 0. The van der Waals surface area contributed by atoms with Crippen LogP contribution in [0.3, 0.4) is 0 Å². The lowest BCUT2D eigenvalue weighted by Crippen LogP contribution is -2.45. The molecule has 0 radical (unpaired) electrons. The van der Waals surface area contributed by atoms with Crippen molar-refractivity contribution in [2.75, 3.05) is 22.0 Å². The zero-order valence-corrected chi connectivity index (χ0v) is 20.0. The SMILES string of the molecule is CSc1ccc(S(=O)(=O)N(CC(=O)N2c3ccccc3C[C@H]2C)c2ccc(C)cc2)cc1. The number of thioether (sulfide) groups is 1. The van der Waals surface area contributed by atoms with Crippen LogP contribution in [0.25, 0.3) is 0 Å². The zero-order chi connectivity index (χ0) is 22.9. The standard InChI is InChI=1S/C25H26N2O3S2/c1-18-8-10-21(11-9-18)26(32(29,30)23-14-12-22(31-3)13-15-23)17-25(28)27-19(2)16-20-6-4-5-7-24(20)27/h4-15,19H,16-17H2,1-3H3/t19-/m1/s1. The molecule has 3 aromatic rings. The third-order valence-corrected chi connectivity index (χ3v) is 8.26. The average Bonchev–Trinajstić information content (AvgIpc) is 3.13. The Labute approximate surface area is 194 Å². The second-order valence-electron chi connectivity index (χ2n) is 7.97. The number of nitrogens with zero attached hydrogens (tertiary/aromatic N) is 2. The molecule has 1 amide bonds. The molecule has 0 saturated heterocycles. The molecule has 0 saturated carbocycles. The van der Waals surface area contributed by atoms with Crippen molar-refractivity contribution in [3.8, 4) is 0 Å². The number of sulfonamides is 1. The number of rotatable bonds is 6. The fourth-order valence-corrected chi connectivity index (χ4v) is 5.87. The van der Waals surface area contributed by atoms with Gasteiger partial charge < -0.3 is 4.90 Å². The van der Waals surface area contributed by atoms with E-state index in [1.807, 2.05) is 56.5 Å². The van der Waals surface area contributed by atoms with Crippen molar-refractivity contribution in [3.63, 3.8) is 0 Å². The topological polar surface area (TPSA) is 57.7 Å². The fourth-order valence-electron chi connectivity index (χ4n) is 4.05. The molecule has 1 aliphatic rings. The monoisotopic (exact) mass is 466 g/mol. The van der Waals surface area contributed by atoms with Crippen LogP contribution in [0.1, 0.15) is 18.1 Å². The first-order valence-electron chi connectivity index (χ1n) is 10.4. The summed E-state index contributed by atoms with van der Waals surface area (Å²) in [6.45, 7) is 3.66. The quantitative estimate of drug-likeness (QED) is 0.486. The number of benzene rings is 3. The number of fused-ring (bicyclic) bond motifs is 1. The smallest absolute Gasteiger partial charge is 0.264 e. The van der Waals surface area contributed by atoms with Gasteiger partial charge in [-0.2, -0.15) is 0 Å². The minimum Gasteiger partial charge on any atom is -0.307 e. The molecule has 1 aliphatic heterocycles. The number of hydrogen-bond acceptors (Lipinski definition) is 4. The van der Waals surface area contributed by atoms with Gasteiger partial charge in [0.05, 0.1) is 10.6 Å². The van der Waals surface area contributed by atoms with Crippen molar-refractivity contribution in [2.45, 2.75) is 36.1 Å². The van der Waals surface area contributed by atoms with Gasteiger partial charge in [-0.1, -0.05) is 35.9 Å². The Kier molecular flexibility index (Phi) is 6.31. The predicted molar refractivity (Wildman–Crippen MR) is 131 cm³/mol. The lowest BCUT2D eigenvalue weighted by Gasteiger charge is -2.29. The minimum atomic E-state index is -3.93. The highest BCUT2D eigenvalue weighted by Gasteiger charge is 2.34. The Morgan fingerprint density at radius 3 is 2.34 bits per heavy atom. The summed E-state index contributed by atoms with van der Waals surface area (Å²) >= 11 is 1.55. The highest BCUT2D eigenvalue weighted by molar-refractivity contribution is 7.98. The maximum absolute atomic E-state index is 13.6. The van der Waals surface area contributed by atoms with Crippen LogP contribution < -0.4 is 9.21 Å². The normalized spacial score (nSPS) is 15.5. The largest absolute Gasteiger partial charge is 0.307 e. The van der Waals surface area contributed by atoms with Gasteiger partial charge in [0.15, 0.2) is 0 Å². The Morgan fingerprint density at radius 2 is 1.69 bits per heavy atom. The third-order valence-electron chi connectivity index (χ3n) is 5.72. The zero-order valence-electron chi connectivity index (χ0n) is 18.4. The molecule has 32 heavy (non-hydrogen) atoms. The number of amides is 1. The van der Waals surface area contributed by atoms with Gasteiger partial charge in [0.1, 0.15) is 6.54 Å². The number of anilines is 2. The van der Waals surface area contributed by atoms with E-state index in [1.165, 1.54) is 4.31 Å². The summed E-state index contributed by atoms with van der Waals surface area (Å²) < 4.78 is 28.5. The molecule has 0 fully saturated rings. The molecule has 0 aliphatic carbocycles. The summed E-state index contributed by atoms with van der Waals surface area (Å²) in [5.41, 5.74) is 3.45. The van der Waals surface area contributed by atoms with E-state index in [4.69, 9.17) is 0 Å². The summed E-state index contributed by atoms with van der Waals surface area (Å²) in [5.74, 6) is -0.243. The van der Waals surface area contributed by atoms with E-state index < -0.39 is 10.0 Å². The van der Waals surface area contributed by atoms with E-state index in [-0.39, 0.29) is 23.4 Å². The molecule has 166 valence electrons. The first-order valence-corrected chi connectivity index (χ1v) is 13.1. The third kappa shape index (κ3) is 4.27. The lowest BCUT2D eigenvalue weighted by atomic mass is 10.1. The summed E-state index contributed by atoms with van der Waals surface area (Å²) in [6, 6.07) is 21.7. The maximum atomic E-state index is 13.6. The summed E-state index contributed by atoms with van der Waals surface area (Å²) in [5, 5.41) is 0. The molecular formula is C25H26N2O3S2. The molecule has 4 rings (SSSR count). The number of carbonyl (C=O) groups is 1. The minimum absolute atomic E-state index is 0.0247. The molecule has 0 unspecified atom stereocenters. The van der Waals surface area contributed by atoms with Crippen LogP contribution in [0, 0.1) is 6.92 Å². The Bertz CT molecular complexity index is 1220. The van der Waals surface area contributed by atoms with Crippen molar-refractivity contribution in [3.05, 3.63) is 83.9 Å². The molecule has 1 heterocycles. The first kappa shape index (κ1) is 22.4. The Hall–Kier alpha value is -2.77. The van der Waals surface area contributed by atoms with E-state index in [1.54, 1.807) is 53.1 Å². The highest BCUT2D eigenvalue weighted by atomic mass is 32.2. The molecule has 0 N–H and O–H groups in total. The van der Waals surface area contributed by atoms with Gasteiger partial charge in [-0.3, -0.25) is 9.10 Å². The van der Waals surface area contributed by atoms with Gasteiger partial charge in [0.25, 0.3) is 10.0 Å². The Morgan fingerprint density at radius 1 is 1.03 bits per heavy atom. The van der Waals surface area contributed by atoms with E-state index in [2.05, 4.69) is 0 Å². The summed E-state index contributed by atoms with van der Waals surface area (Å²) in [4.78, 5) is 16.3. The molecule has 7 heteroatoms. The van der Waals surface area contributed by atoms with Crippen LogP contribution in [0.5, 0.6) is 0 Å². The Balaban J connectivity index is 1.72. The van der Waals surface area contributed by atoms with Crippen molar-refractivity contribution in [1.29, 1.82) is 0 Å². The number of carbonyl (C=O) groups excluding carboxylic acids is 1. The molecule has 0 aromatic heterocycles. The molecule has 0 bridgehead atoms. The van der Waals surface area contributed by atoms with Crippen molar-refractivity contribution < 1.29 is 13.2 Å². The molecular weight excluding hydrogens is 440 g/mol. The van der Waals surface area contributed by atoms with Crippen molar-refractivity contribution in [1.82, 2.24) is 0 Å². The van der Waals surface area contributed by atoms with Gasteiger partial charge in [-0.05, 0) is 74.6 Å². The maximum Gasteiger partial charge on any atom is 0.264 e. The average molecular weight is 467 g/mol. The molecule has 0 spiro atoms. The number of aryl methyl sites for hydroxylation is 1. The van der Waals surface area contributed by atoms with Gasteiger partial charge in [-0.25, -0.2) is 8.42 Å². The highest BCUT2D eigenvalue weighted by Crippen LogP contribution is 2.33. The van der Waals surface area contributed by atoms with Crippen LogP contribution in [-0.2, 0) is 21.2 Å². The van der Waals surface area contributed by atoms with E-state index in [9.17, 15) is 13.2 Å². The van der Waals surface area contributed by atoms with E-state index in [0.717, 1.165) is 28.1 Å². The van der Waals surface area contributed by atoms with Crippen LogP contribution in [0.2, 0.25) is 0 Å². The van der Waals surface area contributed by atoms with Gasteiger partial charge >= 0.3 is 0 Å². The fraction of sp³-hybridized carbons (Fsp3) is 0.240. The molecule has 3 aromatic carbocycles. The van der Waals surface area contributed by atoms with Crippen LogP contribution in [0.15, 0.2) is 82.6 Å². The van der Waals surface area contributed by atoms with Crippen LogP contribution in [0.4, 0.5) is 11.4 Å². The molecule has 5 nitrogen and oxygen atoms in total. The van der Waals surface area contributed by atoms with Crippen molar-refractivity contribution >= 4 is 39.1 Å². The summed E-state index contributed by atoms with van der Waals surface area (Å²) in [6.07, 6.45) is 2.70. The van der Waals surface area contributed by atoms with Gasteiger partial charge in [0.2, 0.25) is 5.91 Å². The van der Waals surface area contributed by atoms with Gasteiger partial charge in [-0.15, -0.1) is 11.8 Å². The van der Waals surface area contributed by atoms with Crippen LogP contribution in [-0.4, -0.2) is 33.2 Å². The molecule has 1 atom stereocenters. The number of para-hydroxylation sites is 1. The second kappa shape index (κ2) is 9.00. The van der Waals surface area contributed by atoms with Crippen molar-refractivity contribution in [2.24, 2.45) is 0 Å².